The first-order valence-electron chi connectivity index (χ1n) is 7.89. The van der Waals surface area contributed by atoms with Gasteiger partial charge in [-0.25, -0.2) is 0 Å². The minimum atomic E-state index is -0.238. The maximum atomic E-state index is 12.4. The summed E-state index contributed by atoms with van der Waals surface area (Å²) in [6.07, 6.45) is 8.07. The van der Waals surface area contributed by atoms with E-state index in [-0.39, 0.29) is 34.5 Å². The van der Waals surface area contributed by atoms with Gasteiger partial charge in [-0.15, -0.1) is 0 Å². The fourth-order valence-corrected chi connectivity index (χ4v) is 3.89. The van der Waals surface area contributed by atoms with Crippen LogP contribution in [0.1, 0.15) is 54.9 Å². The lowest BCUT2D eigenvalue weighted by atomic mass is 9.50. The van der Waals surface area contributed by atoms with Gasteiger partial charge in [-0.3, -0.25) is 9.59 Å². The molecule has 3 fully saturated rings. The second-order valence-corrected chi connectivity index (χ2v) is 6.82. The van der Waals surface area contributed by atoms with E-state index in [0.717, 1.165) is 32.1 Å². The average Bonchev–Trinajstić information content (AvgIpc) is 3.20. The number of pyridine rings is 1. The Morgan fingerprint density at radius 3 is 2.71 bits per heavy atom. The Balaban J connectivity index is 1.53. The van der Waals surface area contributed by atoms with Crippen LogP contribution in [-0.4, -0.2) is 22.6 Å². The summed E-state index contributed by atoms with van der Waals surface area (Å²) in [6, 6.07) is 4.06. The third-order valence-electron chi connectivity index (χ3n) is 5.67. The Morgan fingerprint density at radius 2 is 2.14 bits per heavy atom. The topological polar surface area (TPSA) is 77.1 Å². The molecular weight excluding hydrogens is 266 g/mol. The van der Waals surface area contributed by atoms with Crippen LogP contribution in [0.15, 0.2) is 23.1 Å². The van der Waals surface area contributed by atoms with Crippen LogP contribution in [0.2, 0.25) is 0 Å². The number of nitrogens with one attached hydrogen (secondary N) is 1. The van der Waals surface area contributed by atoms with Gasteiger partial charge in [0.1, 0.15) is 5.56 Å². The molecule has 3 N–H and O–H groups in total. The predicted molar refractivity (Wildman–Crippen MR) is 79.1 cm³/mol. The van der Waals surface area contributed by atoms with Crippen LogP contribution < -0.4 is 16.6 Å². The van der Waals surface area contributed by atoms with Crippen LogP contribution in [0.4, 0.5) is 0 Å². The third kappa shape index (κ3) is 1.87. The van der Waals surface area contributed by atoms with E-state index >= 15 is 0 Å². The lowest BCUT2D eigenvalue weighted by molar-refractivity contribution is -0.0390. The monoisotopic (exact) mass is 287 g/mol. The molecule has 0 radical (unpaired) electrons. The van der Waals surface area contributed by atoms with Gasteiger partial charge in [0.2, 0.25) is 0 Å². The van der Waals surface area contributed by atoms with Gasteiger partial charge in [-0.05, 0) is 44.2 Å². The predicted octanol–water partition coefficient (Wildman–Crippen LogP) is 1.18. The second kappa shape index (κ2) is 4.44. The fraction of sp³-hybridized carbons (Fsp3) is 0.625. The summed E-state index contributed by atoms with van der Waals surface area (Å²) in [4.78, 5) is 24.8. The first-order valence-corrected chi connectivity index (χ1v) is 7.89. The van der Waals surface area contributed by atoms with Gasteiger partial charge in [0.25, 0.3) is 11.5 Å². The summed E-state index contributed by atoms with van der Waals surface area (Å²) in [5.74, 6) is -0.238. The molecule has 0 saturated heterocycles. The molecule has 0 aliphatic heterocycles. The Morgan fingerprint density at radius 1 is 1.38 bits per heavy atom. The molecule has 112 valence electrons. The van der Waals surface area contributed by atoms with Crippen molar-refractivity contribution in [3.05, 3.63) is 34.2 Å². The van der Waals surface area contributed by atoms with Crippen LogP contribution in [0.3, 0.4) is 0 Å². The first kappa shape index (κ1) is 13.1. The Labute approximate surface area is 123 Å². The number of nitrogens with zero attached hydrogens (tertiary/aromatic N) is 1. The van der Waals surface area contributed by atoms with E-state index < -0.39 is 0 Å². The number of amides is 1. The van der Waals surface area contributed by atoms with Gasteiger partial charge in [0, 0.05) is 29.7 Å². The molecule has 21 heavy (non-hydrogen) atoms. The Kier molecular flexibility index (Phi) is 2.76. The van der Waals surface area contributed by atoms with E-state index in [1.165, 1.54) is 6.42 Å². The maximum Gasteiger partial charge on any atom is 0.263 e. The first-order chi connectivity index (χ1) is 10.1. The molecule has 1 aromatic heterocycles. The molecule has 1 amide bonds. The molecule has 2 unspecified atom stereocenters. The van der Waals surface area contributed by atoms with E-state index in [0.29, 0.717) is 6.04 Å². The third-order valence-corrected chi connectivity index (χ3v) is 5.67. The second-order valence-electron chi connectivity index (χ2n) is 6.82. The van der Waals surface area contributed by atoms with Crippen molar-refractivity contribution in [3.63, 3.8) is 0 Å². The summed E-state index contributed by atoms with van der Waals surface area (Å²) in [6.45, 7) is 0. The molecule has 1 heterocycles. The van der Waals surface area contributed by atoms with E-state index in [1.807, 2.05) is 0 Å². The maximum absolute atomic E-state index is 12.4. The highest BCUT2D eigenvalue weighted by atomic mass is 16.2. The zero-order valence-corrected chi connectivity index (χ0v) is 12.0. The van der Waals surface area contributed by atoms with Crippen molar-refractivity contribution in [3.8, 4) is 0 Å². The summed E-state index contributed by atoms with van der Waals surface area (Å²) in [5, 5.41) is 3.05. The highest BCUT2D eigenvalue weighted by molar-refractivity contribution is 5.94. The van der Waals surface area contributed by atoms with Gasteiger partial charge in [-0.2, -0.15) is 0 Å². The van der Waals surface area contributed by atoms with Gasteiger partial charge in [0.05, 0.1) is 0 Å². The number of rotatable bonds is 3. The molecule has 0 bridgehead atoms. The molecule has 3 aliphatic rings. The normalized spacial score (nSPS) is 29.6. The van der Waals surface area contributed by atoms with Crippen LogP contribution in [0, 0.1) is 5.41 Å². The number of hydrogen-bond donors (Lipinski definition) is 2. The molecule has 1 aromatic rings. The molecule has 4 rings (SSSR count). The van der Waals surface area contributed by atoms with Crippen molar-refractivity contribution < 1.29 is 4.79 Å². The highest BCUT2D eigenvalue weighted by Gasteiger charge is 2.57. The number of carbonyl (C=O) groups is 1. The average molecular weight is 287 g/mol. The summed E-state index contributed by atoms with van der Waals surface area (Å²) in [7, 11) is 0. The van der Waals surface area contributed by atoms with Crippen molar-refractivity contribution in [1.29, 1.82) is 0 Å². The minimum absolute atomic E-state index is 0.111. The molecule has 5 heteroatoms. The summed E-state index contributed by atoms with van der Waals surface area (Å²) >= 11 is 0. The number of carbonyl (C=O) groups excluding carboxylic acids is 1. The van der Waals surface area contributed by atoms with Gasteiger partial charge in [0.15, 0.2) is 0 Å². The zero-order valence-electron chi connectivity index (χ0n) is 12.0. The van der Waals surface area contributed by atoms with Crippen LogP contribution in [-0.2, 0) is 0 Å². The van der Waals surface area contributed by atoms with Gasteiger partial charge < -0.3 is 15.6 Å². The fourth-order valence-electron chi connectivity index (χ4n) is 3.89. The minimum Gasteiger partial charge on any atom is -0.348 e. The molecular formula is C16H21N3O2. The molecule has 1 spiro atoms. The SMILES string of the molecule is NC1CC(NC(=O)c2cccn(C3CC3)c2=O)C12CCC2. The lowest BCUT2D eigenvalue weighted by Gasteiger charge is -2.60. The zero-order chi connectivity index (χ0) is 14.6. The van der Waals surface area contributed by atoms with Crippen LogP contribution >= 0.6 is 0 Å². The van der Waals surface area contributed by atoms with Crippen molar-refractivity contribution in [2.24, 2.45) is 11.1 Å². The number of nitrogens with two attached hydrogens (primary N) is 1. The smallest absolute Gasteiger partial charge is 0.263 e. The summed E-state index contributed by atoms with van der Waals surface area (Å²) in [5.41, 5.74) is 6.32. The Hall–Kier alpha value is -1.62. The van der Waals surface area contributed by atoms with Crippen LogP contribution in [0.25, 0.3) is 0 Å². The largest absolute Gasteiger partial charge is 0.348 e. The van der Waals surface area contributed by atoms with Crippen molar-refractivity contribution >= 4 is 5.91 Å². The van der Waals surface area contributed by atoms with E-state index in [1.54, 1.807) is 22.9 Å². The van der Waals surface area contributed by atoms with Crippen molar-refractivity contribution in [2.75, 3.05) is 0 Å². The lowest BCUT2D eigenvalue weighted by Crippen LogP contribution is -2.70. The highest BCUT2D eigenvalue weighted by Crippen LogP contribution is 2.55. The van der Waals surface area contributed by atoms with Crippen LogP contribution in [0.5, 0.6) is 0 Å². The molecule has 0 aromatic carbocycles. The molecule has 3 aliphatic carbocycles. The molecule has 5 nitrogen and oxygen atoms in total. The number of aromatic nitrogens is 1. The standard InChI is InChI=1S/C16H21N3O2/c17-12-9-13(16(12)6-2-7-16)18-14(20)11-3-1-8-19(15(11)21)10-4-5-10/h1,3,8,10,12-13H,2,4-7,9,17H2,(H,18,20). The number of hydrogen-bond acceptors (Lipinski definition) is 3. The van der Waals surface area contributed by atoms with E-state index in [2.05, 4.69) is 5.32 Å². The molecule has 2 atom stereocenters. The quantitative estimate of drug-likeness (QED) is 0.876. The van der Waals surface area contributed by atoms with E-state index in [9.17, 15) is 9.59 Å². The van der Waals surface area contributed by atoms with E-state index in [4.69, 9.17) is 5.73 Å². The summed E-state index contributed by atoms with van der Waals surface area (Å²) < 4.78 is 1.69. The molecule has 3 saturated carbocycles. The Bertz CT molecular complexity index is 643. The van der Waals surface area contributed by atoms with Crippen molar-refractivity contribution in [1.82, 2.24) is 9.88 Å². The van der Waals surface area contributed by atoms with Crippen molar-refractivity contribution in [2.45, 2.75) is 56.7 Å². The van der Waals surface area contributed by atoms with Gasteiger partial charge >= 0.3 is 0 Å². The van der Waals surface area contributed by atoms with Gasteiger partial charge in [-0.1, -0.05) is 6.42 Å².